The minimum Gasteiger partial charge on any atom is -0.398 e. The molecule has 0 heterocycles. The summed E-state index contributed by atoms with van der Waals surface area (Å²) in [5.74, 6) is 0. The molecule has 0 saturated heterocycles. The van der Waals surface area contributed by atoms with Crippen molar-refractivity contribution >= 4 is 36.6 Å². The highest BCUT2D eigenvalue weighted by molar-refractivity contribution is 7.80. The molecule has 4 heteroatoms. The molecule has 4 N–H and O–H groups in total. The van der Waals surface area contributed by atoms with Crippen molar-refractivity contribution in [2.24, 2.45) is 0 Å². The predicted octanol–water partition coefficient (Wildman–Crippen LogP) is 3.02. The van der Waals surface area contributed by atoms with Gasteiger partial charge in [-0.25, -0.2) is 0 Å². The minimum atomic E-state index is 0.698. The van der Waals surface area contributed by atoms with Crippen molar-refractivity contribution in [3.63, 3.8) is 0 Å². The van der Waals surface area contributed by atoms with Gasteiger partial charge in [0, 0.05) is 21.2 Å². The second-order valence-electron chi connectivity index (χ2n) is 3.96. The summed E-state index contributed by atoms with van der Waals surface area (Å²) in [5, 5.41) is 0. The molecule has 0 aliphatic carbocycles. The lowest BCUT2D eigenvalue weighted by Crippen LogP contribution is -1.93. The fraction of sp³-hybridized carbons (Fsp3) is 0.0769. The van der Waals surface area contributed by atoms with Crippen molar-refractivity contribution in [1.82, 2.24) is 0 Å². The van der Waals surface area contributed by atoms with Gasteiger partial charge in [0.25, 0.3) is 0 Å². The molecule has 2 aromatic carbocycles. The summed E-state index contributed by atoms with van der Waals surface area (Å²) in [6.07, 6.45) is 0.821. The maximum atomic E-state index is 5.72. The Hall–Kier alpha value is -1.26. The van der Waals surface area contributed by atoms with Crippen LogP contribution in [0.5, 0.6) is 0 Å². The molecule has 2 rings (SSSR count). The molecule has 0 amide bonds. The molecule has 17 heavy (non-hydrogen) atoms. The van der Waals surface area contributed by atoms with Crippen LogP contribution in [0, 0.1) is 0 Å². The third-order valence-corrected chi connectivity index (χ3v) is 3.37. The van der Waals surface area contributed by atoms with Crippen molar-refractivity contribution in [2.75, 3.05) is 11.5 Å². The normalized spacial score (nSPS) is 10.5. The smallest absolute Gasteiger partial charge is 0.0449 e. The molecule has 0 atom stereocenters. The minimum absolute atomic E-state index is 0.698. The summed E-state index contributed by atoms with van der Waals surface area (Å²) in [7, 11) is 0. The van der Waals surface area contributed by atoms with Gasteiger partial charge in [-0.2, -0.15) is 0 Å². The van der Waals surface area contributed by atoms with Crippen LogP contribution < -0.4 is 11.5 Å². The molecule has 0 spiro atoms. The van der Waals surface area contributed by atoms with Gasteiger partial charge >= 0.3 is 0 Å². The maximum Gasteiger partial charge on any atom is 0.0449 e. The summed E-state index contributed by atoms with van der Waals surface area (Å²) >= 11 is 8.62. The standard InChI is InChI=1S/C13H14N2S2/c14-10-3-1-8(6-12(10)16)5-9-2-4-11(15)13(17)7-9/h1-4,6-7,16-17H,5,14-15H2. The molecule has 0 aliphatic heterocycles. The summed E-state index contributed by atoms with van der Waals surface area (Å²) in [4.78, 5) is 1.62. The molecule has 0 saturated carbocycles. The van der Waals surface area contributed by atoms with Crippen LogP contribution in [-0.4, -0.2) is 0 Å². The summed E-state index contributed by atoms with van der Waals surface area (Å²) in [6.45, 7) is 0. The van der Waals surface area contributed by atoms with E-state index >= 15 is 0 Å². The average molecular weight is 262 g/mol. The summed E-state index contributed by atoms with van der Waals surface area (Å²) in [6, 6.07) is 11.7. The van der Waals surface area contributed by atoms with E-state index in [4.69, 9.17) is 11.5 Å². The third-order valence-electron chi connectivity index (χ3n) is 2.60. The van der Waals surface area contributed by atoms with Gasteiger partial charge in [0.05, 0.1) is 0 Å². The first kappa shape index (κ1) is 12.2. The lowest BCUT2D eigenvalue weighted by Gasteiger charge is -2.07. The van der Waals surface area contributed by atoms with E-state index < -0.39 is 0 Å². The highest BCUT2D eigenvalue weighted by Crippen LogP contribution is 2.22. The molecular weight excluding hydrogens is 248 g/mol. The monoisotopic (exact) mass is 262 g/mol. The van der Waals surface area contributed by atoms with Crippen LogP contribution >= 0.6 is 25.3 Å². The molecule has 2 aromatic rings. The number of hydrogen-bond donors (Lipinski definition) is 4. The van der Waals surface area contributed by atoms with Crippen molar-refractivity contribution in [2.45, 2.75) is 16.2 Å². The molecule has 88 valence electrons. The van der Waals surface area contributed by atoms with Gasteiger partial charge in [-0.05, 0) is 41.8 Å². The van der Waals surface area contributed by atoms with E-state index in [9.17, 15) is 0 Å². The van der Waals surface area contributed by atoms with Gasteiger partial charge in [-0.3, -0.25) is 0 Å². The first-order valence-electron chi connectivity index (χ1n) is 5.21. The molecule has 2 nitrogen and oxygen atoms in total. The first-order valence-corrected chi connectivity index (χ1v) is 6.10. The van der Waals surface area contributed by atoms with Crippen molar-refractivity contribution in [3.05, 3.63) is 47.5 Å². The highest BCUT2D eigenvalue weighted by Gasteiger charge is 2.01. The van der Waals surface area contributed by atoms with E-state index in [1.165, 1.54) is 11.1 Å². The number of anilines is 2. The lowest BCUT2D eigenvalue weighted by molar-refractivity contribution is 1.16. The van der Waals surface area contributed by atoms with Gasteiger partial charge in [-0.1, -0.05) is 12.1 Å². The van der Waals surface area contributed by atoms with Crippen LogP contribution in [0.1, 0.15) is 11.1 Å². The van der Waals surface area contributed by atoms with Crippen LogP contribution in [-0.2, 0) is 6.42 Å². The second kappa shape index (κ2) is 4.94. The summed E-state index contributed by atoms with van der Waals surface area (Å²) < 4.78 is 0. The molecule has 0 aliphatic rings. The van der Waals surface area contributed by atoms with E-state index in [0.29, 0.717) is 11.4 Å². The molecular formula is C13H14N2S2. The average Bonchev–Trinajstić information content (AvgIpc) is 2.29. The van der Waals surface area contributed by atoms with Gasteiger partial charge in [0.15, 0.2) is 0 Å². The van der Waals surface area contributed by atoms with E-state index in [1.54, 1.807) is 0 Å². The number of nitrogens with two attached hydrogens (primary N) is 2. The van der Waals surface area contributed by atoms with Gasteiger partial charge in [0.1, 0.15) is 0 Å². The number of benzene rings is 2. The van der Waals surface area contributed by atoms with Crippen molar-refractivity contribution in [1.29, 1.82) is 0 Å². The third kappa shape index (κ3) is 2.90. The van der Waals surface area contributed by atoms with Gasteiger partial charge in [0.2, 0.25) is 0 Å². The van der Waals surface area contributed by atoms with Gasteiger partial charge in [-0.15, -0.1) is 25.3 Å². The quantitative estimate of drug-likeness (QED) is 0.497. The molecule has 0 aromatic heterocycles. The predicted molar refractivity (Wildman–Crippen MR) is 79.0 cm³/mol. The van der Waals surface area contributed by atoms with E-state index in [0.717, 1.165) is 16.2 Å². The van der Waals surface area contributed by atoms with Crippen molar-refractivity contribution < 1.29 is 0 Å². The molecule has 0 bridgehead atoms. The Morgan fingerprint density at radius 2 is 1.18 bits per heavy atom. The summed E-state index contributed by atoms with van der Waals surface area (Å²) in [5.41, 5.74) is 15.2. The van der Waals surface area contributed by atoms with Crippen LogP contribution in [0.2, 0.25) is 0 Å². The van der Waals surface area contributed by atoms with E-state index in [-0.39, 0.29) is 0 Å². The van der Waals surface area contributed by atoms with Crippen molar-refractivity contribution in [3.8, 4) is 0 Å². The Labute approximate surface area is 112 Å². The Bertz CT molecular complexity index is 504. The second-order valence-corrected chi connectivity index (χ2v) is 4.93. The Morgan fingerprint density at radius 1 is 0.765 bits per heavy atom. The van der Waals surface area contributed by atoms with Crippen LogP contribution in [0.4, 0.5) is 11.4 Å². The fourth-order valence-corrected chi connectivity index (χ4v) is 2.11. The van der Waals surface area contributed by atoms with Crippen LogP contribution in [0.3, 0.4) is 0 Å². The Balaban J connectivity index is 2.25. The highest BCUT2D eigenvalue weighted by atomic mass is 32.1. The molecule has 0 radical (unpaired) electrons. The number of hydrogen-bond acceptors (Lipinski definition) is 4. The first-order chi connectivity index (χ1) is 8.06. The fourth-order valence-electron chi connectivity index (χ4n) is 1.63. The molecule has 0 unspecified atom stereocenters. The Morgan fingerprint density at radius 3 is 1.53 bits per heavy atom. The van der Waals surface area contributed by atoms with Crippen LogP contribution in [0.15, 0.2) is 46.2 Å². The topological polar surface area (TPSA) is 52.0 Å². The maximum absolute atomic E-state index is 5.72. The molecule has 0 fully saturated rings. The zero-order valence-electron chi connectivity index (χ0n) is 9.22. The number of rotatable bonds is 2. The lowest BCUT2D eigenvalue weighted by atomic mass is 10.0. The van der Waals surface area contributed by atoms with E-state index in [1.807, 2.05) is 36.4 Å². The van der Waals surface area contributed by atoms with E-state index in [2.05, 4.69) is 25.3 Å². The largest absolute Gasteiger partial charge is 0.398 e. The SMILES string of the molecule is Nc1ccc(Cc2ccc(N)c(S)c2)cc1S. The number of thiol groups is 2. The number of nitrogen functional groups attached to an aromatic ring is 2. The van der Waals surface area contributed by atoms with Crippen LogP contribution in [0.25, 0.3) is 0 Å². The van der Waals surface area contributed by atoms with Gasteiger partial charge < -0.3 is 11.5 Å². The Kier molecular flexibility index (Phi) is 3.54. The zero-order valence-corrected chi connectivity index (χ0v) is 11.0. The zero-order chi connectivity index (χ0) is 12.4.